The number of sulfonamides is 1. The number of hydrogen-bond donors (Lipinski definition) is 1. The second-order valence-corrected chi connectivity index (χ2v) is 13.3. The van der Waals surface area contributed by atoms with Crippen LogP contribution in [-0.4, -0.2) is 51.4 Å². The molecule has 4 rings (SSSR count). The van der Waals surface area contributed by atoms with Gasteiger partial charge in [-0.15, -0.1) is 0 Å². The number of ether oxygens (including phenoxy) is 1. The summed E-state index contributed by atoms with van der Waals surface area (Å²) in [6.07, 6.45) is 0.246. The predicted molar refractivity (Wildman–Crippen MR) is 178 cm³/mol. The lowest BCUT2D eigenvalue weighted by atomic mass is 10.0. The Labute approximate surface area is 270 Å². The Morgan fingerprint density at radius 3 is 1.96 bits per heavy atom. The average Bonchev–Trinajstić information content (AvgIpc) is 3.05. The standard InChI is InChI=1S/C35H38ClN3O5S/c1-26(2)23-37-35(41)33(22-27-10-6-4-7-11-27)38(24-28-12-8-5-9-13-28)34(40)25-39(30-16-14-29(36)15-17-30)45(42,43)32-20-18-31(44-3)19-21-32/h4-21,26,33H,22-25H2,1-3H3,(H,37,41)/t33-/m1/s1. The third-order valence-electron chi connectivity index (χ3n) is 7.19. The normalized spacial score (nSPS) is 11.9. The van der Waals surface area contributed by atoms with Crippen LogP contribution in [0.5, 0.6) is 5.75 Å². The summed E-state index contributed by atoms with van der Waals surface area (Å²) in [7, 11) is -2.74. The molecule has 0 unspecified atom stereocenters. The Kier molecular flexibility index (Phi) is 11.6. The number of nitrogens with zero attached hydrogens (tertiary/aromatic N) is 2. The number of amides is 2. The number of benzene rings is 4. The average molecular weight is 648 g/mol. The van der Waals surface area contributed by atoms with Gasteiger partial charge in [0.15, 0.2) is 0 Å². The first-order valence-electron chi connectivity index (χ1n) is 14.7. The summed E-state index contributed by atoms with van der Waals surface area (Å²) in [5, 5.41) is 3.41. The molecule has 0 aromatic heterocycles. The molecule has 0 aliphatic rings. The fourth-order valence-corrected chi connectivity index (χ4v) is 6.31. The molecule has 236 valence electrons. The summed E-state index contributed by atoms with van der Waals surface area (Å²) in [5.41, 5.74) is 1.93. The highest BCUT2D eigenvalue weighted by atomic mass is 35.5. The van der Waals surface area contributed by atoms with E-state index in [0.29, 0.717) is 17.3 Å². The summed E-state index contributed by atoms with van der Waals surface area (Å²) in [6.45, 7) is 3.97. The lowest BCUT2D eigenvalue weighted by Crippen LogP contribution is -2.53. The van der Waals surface area contributed by atoms with Gasteiger partial charge in [0.05, 0.1) is 17.7 Å². The highest BCUT2D eigenvalue weighted by molar-refractivity contribution is 7.92. The van der Waals surface area contributed by atoms with Crippen molar-refractivity contribution in [3.8, 4) is 5.75 Å². The SMILES string of the molecule is COc1ccc(S(=O)(=O)N(CC(=O)N(Cc2ccccc2)[C@H](Cc2ccccc2)C(=O)NCC(C)C)c2ccc(Cl)cc2)cc1. The Morgan fingerprint density at radius 2 is 1.40 bits per heavy atom. The second kappa shape index (κ2) is 15.6. The summed E-state index contributed by atoms with van der Waals surface area (Å²) in [6, 6.07) is 30.1. The van der Waals surface area contributed by atoms with Crippen molar-refractivity contribution < 1.29 is 22.7 Å². The zero-order valence-electron chi connectivity index (χ0n) is 25.6. The first-order valence-corrected chi connectivity index (χ1v) is 16.5. The van der Waals surface area contributed by atoms with E-state index >= 15 is 0 Å². The number of halogens is 1. The van der Waals surface area contributed by atoms with E-state index in [1.165, 1.54) is 24.1 Å². The molecule has 2 amide bonds. The molecular formula is C35H38ClN3O5S. The van der Waals surface area contributed by atoms with E-state index < -0.39 is 28.5 Å². The van der Waals surface area contributed by atoms with Crippen molar-refractivity contribution >= 4 is 39.1 Å². The van der Waals surface area contributed by atoms with Crippen molar-refractivity contribution in [3.05, 3.63) is 125 Å². The molecule has 0 bridgehead atoms. The molecule has 45 heavy (non-hydrogen) atoms. The number of hydrogen-bond acceptors (Lipinski definition) is 5. The molecule has 0 saturated heterocycles. The monoisotopic (exact) mass is 647 g/mol. The molecule has 0 radical (unpaired) electrons. The van der Waals surface area contributed by atoms with E-state index in [2.05, 4.69) is 5.32 Å². The van der Waals surface area contributed by atoms with Crippen LogP contribution in [0.3, 0.4) is 0 Å². The molecule has 4 aromatic carbocycles. The third kappa shape index (κ3) is 9.09. The van der Waals surface area contributed by atoms with E-state index in [0.717, 1.165) is 15.4 Å². The van der Waals surface area contributed by atoms with Crippen molar-refractivity contribution in [2.75, 3.05) is 24.5 Å². The van der Waals surface area contributed by atoms with Gasteiger partial charge in [0.2, 0.25) is 11.8 Å². The summed E-state index contributed by atoms with van der Waals surface area (Å²) in [4.78, 5) is 29.7. The minimum atomic E-state index is -4.23. The van der Waals surface area contributed by atoms with Crippen LogP contribution < -0.4 is 14.4 Å². The first kappa shape index (κ1) is 33.6. The van der Waals surface area contributed by atoms with Crippen LogP contribution in [-0.2, 0) is 32.6 Å². The molecule has 10 heteroatoms. The van der Waals surface area contributed by atoms with Crippen LogP contribution in [0.4, 0.5) is 5.69 Å². The van der Waals surface area contributed by atoms with Crippen molar-refractivity contribution in [3.63, 3.8) is 0 Å². The topological polar surface area (TPSA) is 96.0 Å². The molecule has 0 saturated carbocycles. The highest BCUT2D eigenvalue weighted by Crippen LogP contribution is 2.27. The van der Waals surface area contributed by atoms with Gasteiger partial charge in [0, 0.05) is 24.5 Å². The van der Waals surface area contributed by atoms with Crippen molar-refractivity contribution in [2.24, 2.45) is 5.92 Å². The van der Waals surface area contributed by atoms with Crippen LogP contribution in [0.15, 0.2) is 114 Å². The third-order valence-corrected chi connectivity index (χ3v) is 9.23. The minimum Gasteiger partial charge on any atom is -0.497 e. The summed E-state index contributed by atoms with van der Waals surface area (Å²) >= 11 is 6.13. The molecule has 1 N–H and O–H groups in total. The molecule has 8 nitrogen and oxygen atoms in total. The van der Waals surface area contributed by atoms with E-state index in [-0.39, 0.29) is 35.4 Å². The highest BCUT2D eigenvalue weighted by Gasteiger charge is 2.34. The number of methoxy groups -OCH3 is 1. The molecule has 1 atom stereocenters. The number of anilines is 1. The minimum absolute atomic E-state index is 0.0174. The van der Waals surface area contributed by atoms with Crippen LogP contribution in [0.1, 0.15) is 25.0 Å². The summed E-state index contributed by atoms with van der Waals surface area (Å²) < 4.78 is 34.5. The van der Waals surface area contributed by atoms with Gasteiger partial charge in [-0.25, -0.2) is 8.42 Å². The fourth-order valence-electron chi connectivity index (χ4n) is 4.77. The van der Waals surface area contributed by atoms with Crippen LogP contribution >= 0.6 is 11.6 Å². The van der Waals surface area contributed by atoms with Gasteiger partial charge in [-0.05, 0) is 65.6 Å². The van der Waals surface area contributed by atoms with Crippen LogP contribution in [0.25, 0.3) is 0 Å². The van der Waals surface area contributed by atoms with E-state index in [4.69, 9.17) is 16.3 Å². The zero-order chi connectivity index (χ0) is 32.4. The lowest BCUT2D eigenvalue weighted by Gasteiger charge is -2.34. The Balaban J connectivity index is 1.78. The van der Waals surface area contributed by atoms with Gasteiger partial charge in [-0.3, -0.25) is 13.9 Å². The maximum Gasteiger partial charge on any atom is 0.264 e. The lowest BCUT2D eigenvalue weighted by molar-refractivity contribution is -0.140. The predicted octanol–water partition coefficient (Wildman–Crippen LogP) is 5.96. The Hall–Kier alpha value is -4.34. The maximum absolute atomic E-state index is 14.4. The summed E-state index contributed by atoms with van der Waals surface area (Å²) in [5.74, 6) is -0.160. The van der Waals surface area contributed by atoms with Crippen LogP contribution in [0.2, 0.25) is 5.02 Å². The molecule has 0 aliphatic carbocycles. The van der Waals surface area contributed by atoms with E-state index in [1.54, 1.807) is 36.4 Å². The number of nitrogens with one attached hydrogen (secondary N) is 1. The molecule has 0 fully saturated rings. The van der Waals surface area contributed by atoms with E-state index in [1.807, 2.05) is 74.5 Å². The van der Waals surface area contributed by atoms with Crippen LogP contribution in [0, 0.1) is 5.92 Å². The smallest absolute Gasteiger partial charge is 0.264 e. The van der Waals surface area contributed by atoms with Gasteiger partial charge in [0.1, 0.15) is 18.3 Å². The molecule has 0 aliphatic heterocycles. The number of carbonyl (C=O) groups is 2. The maximum atomic E-state index is 14.4. The Morgan fingerprint density at radius 1 is 0.822 bits per heavy atom. The zero-order valence-corrected chi connectivity index (χ0v) is 27.2. The van der Waals surface area contributed by atoms with Gasteiger partial charge in [-0.2, -0.15) is 0 Å². The van der Waals surface area contributed by atoms with Gasteiger partial charge >= 0.3 is 0 Å². The fraction of sp³-hybridized carbons (Fsp3) is 0.257. The van der Waals surface area contributed by atoms with Gasteiger partial charge < -0.3 is 15.0 Å². The van der Waals surface area contributed by atoms with Crippen molar-refractivity contribution in [2.45, 2.75) is 37.8 Å². The van der Waals surface area contributed by atoms with Gasteiger partial charge in [0.25, 0.3) is 10.0 Å². The Bertz CT molecular complexity index is 1650. The number of carbonyl (C=O) groups excluding carboxylic acids is 2. The molecule has 0 spiro atoms. The van der Waals surface area contributed by atoms with Crippen molar-refractivity contribution in [1.29, 1.82) is 0 Å². The second-order valence-electron chi connectivity index (χ2n) is 11.0. The van der Waals surface area contributed by atoms with Gasteiger partial charge in [-0.1, -0.05) is 86.1 Å². The van der Waals surface area contributed by atoms with E-state index in [9.17, 15) is 18.0 Å². The molecule has 0 heterocycles. The molecular weight excluding hydrogens is 610 g/mol. The quantitative estimate of drug-likeness (QED) is 0.182. The largest absolute Gasteiger partial charge is 0.497 e. The first-order chi connectivity index (χ1) is 21.6. The molecule has 4 aromatic rings. The van der Waals surface area contributed by atoms with Crippen molar-refractivity contribution in [1.82, 2.24) is 10.2 Å². The number of rotatable bonds is 14.